The average Bonchev–Trinajstić information content (AvgIpc) is 2.22. The second-order valence-corrected chi connectivity index (χ2v) is 5.48. The van der Waals surface area contributed by atoms with Crippen LogP contribution in [0, 0.1) is 5.92 Å². The van der Waals surface area contributed by atoms with E-state index in [4.69, 9.17) is 0 Å². The number of hydrogen-bond donors (Lipinski definition) is 1. The molecule has 0 aromatic heterocycles. The Labute approximate surface area is 103 Å². The lowest BCUT2D eigenvalue weighted by Crippen LogP contribution is -2.43. The Balaban J connectivity index is 3.92. The van der Waals surface area contributed by atoms with Gasteiger partial charge in [-0.1, -0.05) is 27.7 Å². The lowest BCUT2D eigenvalue weighted by Gasteiger charge is -2.30. The fourth-order valence-electron chi connectivity index (χ4n) is 2.08. The summed E-state index contributed by atoms with van der Waals surface area (Å²) in [6, 6.07) is 1.34. The van der Waals surface area contributed by atoms with E-state index >= 15 is 0 Å². The summed E-state index contributed by atoms with van der Waals surface area (Å²) in [6.07, 6.45) is 3.74. The van der Waals surface area contributed by atoms with Gasteiger partial charge >= 0.3 is 0 Å². The number of nitrogens with one attached hydrogen (secondary N) is 1. The zero-order valence-corrected chi connectivity index (χ0v) is 12.2. The van der Waals surface area contributed by atoms with E-state index in [1.807, 2.05) is 0 Å². The Hall–Kier alpha value is -0.0800. The molecule has 0 spiro atoms. The van der Waals surface area contributed by atoms with Crippen LogP contribution in [0.4, 0.5) is 0 Å². The van der Waals surface area contributed by atoms with E-state index in [0.717, 1.165) is 12.5 Å². The second kappa shape index (κ2) is 9.00. The van der Waals surface area contributed by atoms with Crippen LogP contribution in [0.5, 0.6) is 0 Å². The first-order chi connectivity index (χ1) is 7.51. The van der Waals surface area contributed by atoms with Crippen LogP contribution in [0.15, 0.2) is 0 Å². The second-order valence-electron chi connectivity index (χ2n) is 5.48. The molecular formula is C14H32N2. The van der Waals surface area contributed by atoms with Gasteiger partial charge in [-0.25, -0.2) is 0 Å². The molecular weight excluding hydrogens is 196 g/mol. The molecule has 0 heterocycles. The predicted molar refractivity (Wildman–Crippen MR) is 73.9 cm³/mol. The maximum atomic E-state index is 3.62. The SMILES string of the molecule is CCCNC(CC)CN(C)C(C)CC(C)C. The fourth-order valence-corrected chi connectivity index (χ4v) is 2.08. The van der Waals surface area contributed by atoms with Crippen molar-refractivity contribution in [2.24, 2.45) is 5.92 Å². The molecule has 0 amide bonds. The molecule has 0 aliphatic carbocycles. The van der Waals surface area contributed by atoms with Crippen LogP contribution >= 0.6 is 0 Å². The minimum absolute atomic E-state index is 0.652. The summed E-state index contributed by atoms with van der Waals surface area (Å²) >= 11 is 0. The van der Waals surface area contributed by atoms with Gasteiger partial charge in [0.15, 0.2) is 0 Å². The van der Waals surface area contributed by atoms with Gasteiger partial charge in [0, 0.05) is 18.6 Å². The average molecular weight is 228 g/mol. The Kier molecular flexibility index (Phi) is 8.96. The first-order valence-corrected chi connectivity index (χ1v) is 6.94. The van der Waals surface area contributed by atoms with E-state index in [-0.39, 0.29) is 0 Å². The maximum Gasteiger partial charge on any atom is 0.0192 e. The molecule has 0 radical (unpaired) electrons. The molecule has 0 saturated heterocycles. The van der Waals surface area contributed by atoms with Gasteiger partial charge in [0.05, 0.1) is 0 Å². The summed E-state index contributed by atoms with van der Waals surface area (Å²) < 4.78 is 0. The van der Waals surface area contributed by atoms with Crippen LogP contribution in [-0.4, -0.2) is 37.1 Å². The van der Waals surface area contributed by atoms with Crippen molar-refractivity contribution in [3.63, 3.8) is 0 Å². The van der Waals surface area contributed by atoms with Crippen molar-refractivity contribution in [2.45, 2.75) is 66.0 Å². The van der Waals surface area contributed by atoms with Crippen LogP contribution in [0.3, 0.4) is 0 Å². The van der Waals surface area contributed by atoms with E-state index in [9.17, 15) is 0 Å². The smallest absolute Gasteiger partial charge is 0.0192 e. The summed E-state index contributed by atoms with van der Waals surface area (Å²) in [7, 11) is 2.25. The molecule has 2 nitrogen and oxygen atoms in total. The molecule has 0 saturated carbocycles. The zero-order valence-electron chi connectivity index (χ0n) is 12.2. The number of nitrogens with zero attached hydrogens (tertiary/aromatic N) is 1. The van der Waals surface area contributed by atoms with Gasteiger partial charge in [-0.3, -0.25) is 0 Å². The Morgan fingerprint density at radius 2 is 1.75 bits per heavy atom. The van der Waals surface area contributed by atoms with Crippen molar-refractivity contribution in [3.05, 3.63) is 0 Å². The molecule has 0 aliphatic heterocycles. The van der Waals surface area contributed by atoms with E-state index in [1.54, 1.807) is 0 Å². The molecule has 16 heavy (non-hydrogen) atoms. The Morgan fingerprint density at radius 1 is 1.12 bits per heavy atom. The predicted octanol–water partition coefficient (Wildman–Crippen LogP) is 3.13. The third-order valence-electron chi connectivity index (χ3n) is 3.25. The van der Waals surface area contributed by atoms with E-state index in [2.05, 4.69) is 51.9 Å². The van der Waals surface area contributed by atoms with Crippen LogP contribution < -0.4 is 5.32 Å². The van der Waals surface area contributed by atoms with Crippen molar-refractivity contribution in [1.82, 2.24) is 10.2 Å². The molecule has 0 bridgehead atoms. The first kappa shape index (κ1) is 15.9. The monoisotopic (exact) mass is 228 g/mol. The van der Waals surface area contributed by atoms with Crippen LogP contribution in [-0.2, 0) is 0 Å². The van der Waals surface area contributed by atoms with Crippen molar-refractivity contribution < 1.29 is 0 Å². The summed E-state index contributed by atoms with van der Waals surface area (Å²) in [5.41, 5.74) is 0. The van der Waals surface area contributed by atoms with Crippen LogP contribution in [0.25, 0.3) is 0 Å². The minimum atomic E-state index is 0.652. The summed E-state index contributed by atoms with van der Waals surface area (Å²) in [4.78, 5) is 2.50. The first-order valence-electron chi connectivity index (χ1n) is 6.94. The number of rotatable bonds is 9. The van der Waals surface area contributed by atoms with Crippen LogP contribution in [0.1, 0.15) is 53.9 Å². The fraction of sp³-hybridized carbons (Fsp3) is 1.00. The highest BCUT2D eigenvalue weighted by atomic mass is 15.1. The molecule has 0 aromatic rings. The zero-order chi connectivity index (χ0) is 12.6. The van der Waals surface area contributed by atoms with Crippen molar-refractivity contribution in [1.29, 1.82) is 0 Å². The highest BCUT2D eigenvalue weighted by Crippen LogP contribution is 2.10. The van der Waals surface area contributed by atoms with E-state index in [0.29, 0.717) is 12.1 Å². The summed E-state index contributed by atoms with van der Waals surface area (Å²) in [5.74, 6) is 0.793. The summed E-state index contributed by atoms with van der Waals surface area (Å²) in [5, 5.41) is 3.62. The Bertz CT molecular complexity index is 157. The largest absolute Gasteiger partial charge is 0.313 e. The molecule has 1 N–H and O–H groups in total. The molecule has 98 valence electrons. The Morgan fingerprint density at radius 3 is 2.19 bits per heavy atom. The lowest BCUT2D eigenvalue weighted by molar-refractivity contribution is 0.203. The van der Waals surface area contributed by atoms with Crippen molar-refractivity contribution >= 4 is 0 Å². The van der Waals surface area contributed by atoms with Crippen LogP contribution in [0.2, 0.25) is 0 Å². The topological polar surface area (TPSA) is 15.3 Å². The minimum Gasteiger partial charge on any atom is -0.313 e. The molecule has 2 atom stereocenters. The standard InChI is InChI=1S/C14H32N2/c1-7-9-15-14(8-2)11-16(6)13(5)10-12(3)4/h12-15H,7-11H2,1-6H3. The van der Waals surface area contributed by atoms with Gasteiger partial charge in [-0.05, 0) is 45.7 Å². The molecule has 0 fully saturated rings. The summed E-state index contributed by atoms with van der Waals surface area (Å²) in [6.45, 7) is 13.8. The maximum absolute atomic E-state index is 3.62. The third-order valence-corrected chi connectivity index (χ3v) is 3.25. The number of likely N-dealkylation sites (N-methyl/N-ethyl adjacent to an activating group) is 1. The van der Waals surface area contributed by atoms with Crippen molar-refractivity contribution in [3.8, 4) is 0 Å². The van der Waals surface area contributed by atoms with Crippen molar-refractivity contribution in [2.75, 3.05) is 20.1 Å². The van der Waals surface area contributed by atoms with Gasteiger partial charge < -0.3 is 10.2 Å². The molecule has 2 heteroatoms. The quantitative estimate of drug-likeness (QED) is 0.652. The number of hydrogen-bond acceptors (Lipinski definition) is 2. The van der Waals surface area contributed by atoms with E-state index < -0.39 is 0 Å². The van der Waals surface area contributed by atoms with Gasteiger partial charge in [0.2, 0.25) is 0 Å². The molecule has 2 unspecified atom stereocenters. The van der Waals surface area contributed by atoms with Gasteiger partial charge in [-0.15, -0.1) is 0 Å². The van der Waals surface area contributed by atoms with Gasteiger partial charge in [0.1, 0.15) is 0 Å². The lowest BCUT2D eigenvalue weighted by atomic mass is 10.0. The third kappa shape index (κ3) is 7.24. The van der Waals surface area contributed by atoms with E-state index in [1.165, 1.54) is 25.8 Å². The normalized spacial score (nSPS) is 15.8. The molecule has 0 aliphatic rings. The van der Waals surface area contributed by atoms with Gasteiger partial charge in [0.25, 0.3) is 0 Å². The highest BCUT2D eigenvalue weighted by molar-refractivity contribution is 4.73. The molecule has 0 aromatic carbocycles. The van der Waals surface area contributed by atoms with Gasteiger partial charge in [-0.2, -0.15) is 0 Å². The molecule has 0 rings (SSSR count). The highest BCUT2D eigenvalue weighted by Gasteiger charge is 2.14.